The summed E-state index contributed by atoms with van der Waals surface area (Å²) in [5, 5.41) is 24.7. The summed E-state index contributed by atoms with van der Waals surface area (Å²) in [5.74, 6) is 0. The van der Waals surface area contributed by atoms with Crippen LogP contribution in [0.25, 0.3) is 0 Å². The van der Waals surface area contributed by atoms with E-state index in [2.05, 4.69) is 62.8 Å². The second-order valence-electron chi connectivity index (χ2n) is 10.8. The third-order valence-electron chi connectivity index (χ3n) is 7.45. The van der Waals surface area contributed by atoms with Crippen molar-refractivity contribution < 1.29 is 13.0 Å². The van der Waals surface area contributed by atoms with E-state index in [4.69, 9.17) is 14.8 Å². The van der Waals surface area contributed by atoms with Gasteiger partial charge in [-0.15, -0.1) is 0 Å². The van der Waals surface area contributed by atoms with Crippen LogP contribution in [0.5, 0.6) is 0 Å². The molecule has 0 unspecified atom stereocenters. The van der Waals surface area contributed by atoms with Crippen molar-refractivity contribution in [3.8, 4) is 0 Å². The van der Waals surface area contributed by atoms with E-state index in [0.717, 1.165) is 39.0 Å². The van der Waals surface area contributed by atoms with Gasteiger partial charge in [0.05, 0.1) is 16.2 Å². The molecule has 2 heterocycles. The van der Waals surface area contributed by atoms with Crippen LogP contribution in [0.1, 0.15) is 80.1 Å². The maximum absolute atomic E-state index is 10.4. The van der Waals surface area contributed by atoms with Gasteiger partial charge in [-0.1, -0.05) is 57.7 Å². The topological polar surface area (TPSA) is 127 Å². The largest absolute Gasteiger partial charge is 0.296 e. The molecule has 0 bridgehead atoms. The second-order valence-corrected chi connectivity index (χ2v) is 12.3. The molecule has 10 heteroatoms. The van der Waals surface area contributed by atoms with Crippen LogP contribution in [-0.4, -0.2) is 61.6 Å². The van der Waals surface area contributed by atoms with Crippen molar-refractivity contribution in [1.82, 2.24) is 21.3 Å². The maximum Gasteiger partial charge on any atom is 0.294 e. The summed E-state index contributed by atoms with van der Waals surface area (Å²) in [6.07, 6.45) is 6.91. The van der Waals surface area contributed by atoms with Gasteiger partial charge >= 0.3 is 0 Å². The summed E-state index contributed by atoms with van der Waals surface area (Å²) in [6, 6.07) is 7.42. The zero-order valence-corrected chi connectivity index (χ0v) is 23.8. The first-order valence-electron chi connectivity index (χ1n) is 13.3. The smallest absolute Gasteiger partial charge is 0.294 e. The number of nitrogens with zero attached hydrogens (tertiary/aromatic N) is 2. The first-order valence-corrected chi connectivity index (χ1v) is 14.8. The van der Waals surface area contributed by atoms with E-state index >= 15 is 0 Å². The van der Waals surface area contributed by atoms with E-state index in [1.807, 2.05) is 0 Å². The number of hydrogen-bond acceptors (Lipinski definition) is 8. The van der Waals surface area contributed by atoms with Crippen molar-refractivity contribution >= 4 is 10.1 Å². The van der Waals surface area contributed by atoms with Gasteiger partial charge in [0.15, 0.2) is 0 Å². The Morgan fingerprint density at radius 2 is 1.14 bits per heavy atom. The van der Waals surface area contributed by atoms with Gasteiger partial charge in [0, 0.05) is 26.2 Å². The number of hydrogen-bond donors (Lipinski definition) is 5. The number of azo groups is 1. The quantitative estimate of drug-likeness (QED) is 0.218. The zero-order valence-electron chi connectivity index (χ0n) is 23.0. The molecule has 2 fully saturated rings. The Balaban J connectivity index is 0.000000380. The third kappa shape index (κ3) is 7.55. The van der Waals surface area contributed by atoms with Crippen molar-refractivity contribution in [2.45, 2.75) is 107 Å². The molecule has 2 saturated heterocycles. The number of benzene rings is 1. The molecule has 0 atom stereocenters. The average molecular weight is 525 g/mol. The molecule has 3 rings (SSSR count). The Kier molecular flexibility index (Phi) is 11.0. The van der Waals surface area contributed by atoms with E-state index in [1.165, 1.54) is 37.8 Å². The molecule has 0 aromatic heterocycles. The van der Waals surface area contributed by atoms with Crippen LogP contribution in [0.2, 0.25) is 0 Å². The first-order chi connectivity index (χ1) is 16.8. The van der Waals surface area contributed by atoms with E-state index in [-0.39, 0.29) is 27.3 Å². The highest BCUT2D eigenvalue weighted by molar-refractivity contribution is 7.85. The van der Waals surface area contributed by atoms with Crippen LogP contribution < -0.4 is 21.3 Å². The maximum atomic E-state index is 10.4. The molecule has 5 N–H and O–H groups in total. The van der Waals surface area contributed by atoms with Crippen molar-refractivity contribution in [3.05, 3.63) is 30.3 Å². The Hall–Kier alpha value is -1.43. The summed E-state index contributed by atoms with van der Waals surface area (Å²) < 4.78 is 29.2. The highest BCUT2D eigenvalue weighted by Crippen LogP contribution is 2.35. The Morgan fingerprint density at radius 1 is 0.778 bits per heavy atom. The minimum absolute atomic E-state index is 0.0741. The molecule has 2 aliphatic heterocycles. The standard InChI is InChI=1S/C20H42N6.C6H6O3S/c1-7-9-11-19(21-13-14-22-19)17(3,4)25-26-18(5,6)20(12-10-8-2)23-15-16-24-20;7-10(8,9)6-4-2-1-3-5-6/h21-24H,7-16H2,1-6H3;1-5H,(H,7,8,9). The molecule has 0 radical (unpaired) electrons. The van der Waals surface area contributed by atoms with Crippen LogP contribution in [0.4, 0.5) is 0 Å². The zero-order chi connectivity index (χ0) is 26.9. The minimum atomic E-state index is -4.00. The van der Waals surface area contributed by atoms with Crippen LogP contribution in [0.3, 0.4) is 0 Å². The summed E-state index contributed by atoms with van der Waals surface area (Å²) in [6.45, 7) is 17.3. The first kappa shape index (κ1) is 30.8. The van der Waals surface area contributed by atoms with Crippen LogP contribution in [0.15, 0.2) is 45.5 Å². The lowest BCUT2D eigenvalue weighted by atomic mass is 9.83. The minimum Gasteiger partial charge on any atom is -0.296 e. The molecule has 0 saturated carbocycles. The molecule has 206 valence electrons. The van der Waals surface area contributed by atoms with E-state index in [1.54, 1.807) is 18.2 Å². The van der Waals surface area contributed by atoms with Gasteiger partial charge in [-0.05, 0) is 52.7 Å². The lowest BCUT2D eigenvalue weighted by Crippen LogP contribution is -2.64. The summed E-state index contributed by atoms with van der Waals surface area (Å²) in [5.41, 5.74) is -0.924. The molecule has 36 heavy (non-hydrogen) atoms. The lowest BCUT2D eigenvalue weighted by Gasteiger charge is -2.44. The van der Waals surface area contributed by atoms with Gasteiger partial charge in [-0.25, -0.2) is 0 Å². The summed E-state index contributed by atoms with van der Waals surface area (Å²) in [4.78, 5) is -0.0741. The van der Waals surface area contributed by atoms with Crippen molar-refractivity contribution in [3.63, 3.8) is 0 Å². The highest BCUT2D eigenvalue weighted by Gasteiger charge is 2.50. The van der Waals surface area contributed by atoms with Gasteiger partial charge < -0.3 is 0 Å². The SMILES string of the molecule is CCCCC1(C(C)(C)N=NC(C)(C)C2(CCCC)NCCN2)NCCN1.O=S(=O)(O)c1ccccc1. The van der Waals surface area contributed by atoms with Gasteiger partial charge in [0.25, 0.3) is 10.1 Å². The van der Waals surface area contributed by atoms with E-state index < -0.39 is 10.1 Å². The van der Waals surface area contributed by atoms with Gasteiger partial charge in [0.1, 0.15) is 11.1 Å². The molecule has 1 aromatic rings. The number of unbranched alkanes of at least 4 members (excludes halogenated alkanes) is 2. The van der Waals surface area contributed by atoms with Crippen molar-refractivity contribution in [2.24, 2.45) is 10.2 Å². The Bertz CT molecular complexity index is 880. The Labute approximate surface area is 218 Å². The number of rotatable bonds is 11. The molecule has 0 spiro atoms. The van der Waals surface area contributed by atoms with Crippen LogP contribution in [0, 0.1) is 0 Å². The monoisotopic (exact) mass is 524 g/mol. The van der Waals surface area contributed by atoms with Crippen LogP contribution >= 0.6 is 0 Å². The van der Waals surface area contributed by atoms with E-state index in [9.17, 15) is 8.42 Å². The molecular formula is C26H48N6O3S. The molecule has 2 aliphatic rings. The van der Waals surface area contributed by atoms with Crippen molar-refractivity contribution in [1.29, 1.82) is 0 Å². The van der Waals surface area contributed by atoms with Crippen LogP contribution in [-0.2, 0) is 10.1 Å². The fraction of sp³-hybridized carbons (Fsp3) is 0.769. The summed E-state index contributed by atoms with van der Waals surface area (Å²) >= 11 is 0. The molecule has 1 aromatic carbocycles. The Morgan fingerprint density at radius 3 is 1.42 bits per heavy atom. The number of nitrogens with one attached hydrogen (secondary N) is 4. The average Bonchev–Trinajstić information content (AvgIpc) is 3.53. The lowest BCUT2D eigenvalue weighted by molar-refractivity contribution is 0.143. The second kappa shape index (κ2) is 12.9. The normalized spacial score (nSPS) is 19.9. The van der Waals surface area contributed by atoms with Gasteiger partial charge in [0.2, 0.25) is 0 Å². The molecule has 0 aliphatic carbocycles. The molecular weight excluding hydrogens is 476 g/mol. The van der Waals surface area contributed by atoms with Crippen molar-refractivity contribution in [2.75, 3.05) is 26.2 Å². The molecule has 9 nitrogen and oxygen atoms in total. The third-order valence-corrected chi connectivity index (χ3v) is 8.32. The summed E-state index contributed by atoms with van der Waals surface area (Å²) in [7, 11) is -4.00. The van der Waals surface area contributed by atoms with E-state index in [0.29, 0.717) is 0 Å². The van der Waals surface area contributed by atoms with Gasteiger partial charge in [-0.3, -0.25) is 25.8 Å². The predicted octanol–water partition coefficient (Wildman–Crippen LogP) is 4.09. The fourth-order valence-corrected chi connectivity index (χ4v) is 5.46. The van der Waals surface area contributed by atoms with Gasteiger partial charge in [-0.2, -0.15) is 18.6 Å². The molecule has 0 amide bonds. The fourth-order valence-electron chi connectivity index (χ4n) is 4.96. The highest BCUT2D eigenvalue weighted by atomic mass is 32.2. The predicted molar refractivity (Wildman–Crippen MR) is 146 cm³/mol.